The van der Waals surface area contributed by atoms with Gasteiger partial charge in [0.05, 0.1) is 5.92 Å². The standard InChI is InChI=1S/C10H16O2/c1-7-2-3-8(9(11)12)10(6-7)4-5-10/h7-8H,2-6H2,1H3,(H,11,12). The summed E-state index contributed by atoms with van der Waals surface area (Å²) >= 11 is 0. The summed E-state index contributed by atoms with van der Waals surface area (Å²) in [5, 5.41) is 9.00. The first-order valence-electron chi connectivity index (χ1n) is 4.87. The molecule has 1 N–H and O–H groups in total. The number of carbonyl (C=O) groups is 1. The average molecular weight is 168 g/mol. The molecule has 0 saturated heterocycles. The quantitative estimate of drug-likeness (QED) is 0.652. The maximum atomic E-state index is 10.9. The van der Waals surface area contributed by atoms with E-state index in [1.165, 1.54) is 0 Å². The maximum Gasteiger partial charge on any atom is 0.307 e. The minimum absolute atomic E-state index is 0.0197. The number of rotatable bonds is 1. The Labute approximate surface area is 73.0 Å². The van der Waals surface area contributed by atoms with Gasteiger partial charge in [0.2, 0.25) is 0 Å². The maximum absolute atomic E-state index is 10.9. The molecule has 0 aromatic heterocycles. The van der Waals surface area contributed by atoms with Crippen molar-refractivity contribution in [3.05, 3.63) is 0 Å². The predicted octanol–water partition coefficient (Wildman–Crippen LogP) is 2.29. The Kier molecular flexibility index (Phi) is 1.67. The van der Waals surface area contributed by atoms with Gasteiger partial charge in [-0.05, 0) is 43.4 Å². The third-order valence-corrected chi connectivity index (χ3v) is 3.63. The molecule has 2 fully saturated rings. The van der Waals surface area contributed by atoms with E-state index in [4.69, 9.17) is 5.11 Å². The average Bonchev–Trinajstić information content (AvgIpc) is 2.68. The van der Waals surface area contributed by atoms with E-state index in [0.717, 1.165) is 38.0 Å². The summed E-state index contributed by atoms with van der Waals surface area (Å²) in [7, 11) is 0. The molecule has 1 spiro atoms. The van der Waals surface area contributed by atoms with Crippen molar-refractivity contribution in [3.63, 3.8) is 0 Å². The fraction of sp³-hybridized carbons (Fsp3) is 0.900. The molecule has 2 aliphatic rings. The summed E-state index contributed by atoms with van der Waals surface area (Å²) < 4.78 is 0. The van der Waals surface area contributed by atoms with Gasteiger partial charge >= 0.3 is 5.97 Å². The molecule has 2 unspecified atom stereocenters. The summed E-state index contributed by atoms with van der Waals surface area (Å²) in [5.74, 6) is 0.177. The Bertz CT molecular complexity index is 206. The van der Waals surface area contributed by atoms with E-state index in [-0.39, 0.29) is 11.3 Å². The third-order valence-electron chi connectivity index (χ3n) is 3.63. The van der Waals surface area contributed by atoms with Crippen LogP contribution in [0.15, 0.2) is 0 Å². The lowest BCUT2D eigenvalue weighted by atomic mass is 9.72. The lowest BCUT2D eigenvalue weighted by Gasteiger charge is -2.32. The highest BCUT2D eigenvalue weighted by Gasteiger charge is 2.54. The summed E-state index contributed by atoms with van der Waals surface area (Å²) in [5.41, 5.74) is 0.240. The highest BCUT2D eigenvalue weighted by molar-refractivity contribution is 5.71. The van der Waals surface area contributed by atoms with Crippen LogP contribution in [0.25, 0.3) is 0 Å². The van der Waals surface area contributed by atoms with Crippen LogP contribution in [0.3, 0.4) is 0 Å². The Balaban J connectivity index is 2.10. The van der Waals surface area contributed by atoms with E-state index in [1.807, 2.05) is 0 Å². The minimum atomic E-state index is -0.556. The van der Waals surface area contributed by atoms with Crippen LogP contribution in [0.5, 0.6) is 0 Å². The van der Waals surface area contributed by atoms with Crippen LogP contribution in [0.1, 0.15) is 39.0 Å². The first kappa shape index (κ1) is 8.09. The van der Waals surface area contributed by atoms with Gasteiger partial charge in [-0.2, -0.15) is 0 Å². The van der Waals surface area contributed by atoms with E-state index >= 15 is 0 Å². The molecule has 68 valence electrons. The van der Waals surface area contributed by atoms with Gasteiger partial charge < -0.3 is 5.11 Å². The second-order valence-corrected chi connectivity index (χ2v) is 4.64. The first-order valence-corrected chi connectivity index (χ1v) is 4.87. The van der Waals surface area contributed by atoms with Crippen LogP contribution >= 0.6 is 0 Å². The van der Waals surface area contributed by atoms with E-state index in [2.05, 4.69) is 6.92 Å². The minimum Gasteiger partial charge on any atom is -0.481 e. The number of aliphatic carboxylic acids is 1. The van der Waals surface area contributed by atoms with Crippen molar-refractivity contribution in [2.75, 3.05) is 0 Å². The molecule has 0 radical (unpaired) electrons. The molecular formula is C10H16O2. The van der Waals surface area contributed by atoms with Crippen molar-refractivity contribution in [1.29, 1.82) is 0 Å². The molecule has 0 heterocycles. The lowest BCUT2D eigenvalue weighted by molar-refractivity contribution is -0.146. The van der Waals surface area contributed by atoms with E-state index < -0.39 is 5.97 Å². The molecule has 0 amide bonds. The zero-order chi connectivity index (χ0) is 8.77. The topological polar surface area (TPSA) is 37.3 Å². The van der Waals surface area contributed by atoms with Crippen LogP contribution in [-0.2, 0) is 4.79 Å². The smallest absolute Gasteiger partial charge is 0.307 e. The largest absolute Gasteiger partial charge is 0.481 e. The molecule has 2 atom stereocenters. The molecule has 2 rings (SSSR count). The normalized spacial score (nSPS) is 38.1. The molecule has 2 aliphatic carbocycles. The Morgan fingerprint density at radius 3 is 2.58 bits per heavy atom. The van der Waals surface area contributed by atoms with Gasteiger partial charge in [0.15, 0.2) is 0 Å². The van der Waals surface area contributed by atoms with Gasteiger partial charge in [-0.3, -0.25) is 4.79 Å². The Morgan fingerprint density at radius 2 is 2.08 bits per heavy atom. The van der Waals surface area contributed by atoms with Crippen LogP contribution in [-0.4, -0.2) is 11.1 Å². The van der Waals surface area contributed by atoms with E-state index in [0.29, 0.717) is 0 Å². The van der Waals surface area contributed by atoms with Gasteiger partial charge in [0.1, 0.15) is 0 Å². The van der Waals surface area contributed by atoms with Gasteiger partial charge in [-0.15, -0.1) is 0 Å². The zero-order valence-corrected chi connectivity index (χ0v) is 7.55. The lowest BCUT2D eigenvalue weighted by Crippen LogP contribution is -2.31. The summed E-state index contributed by atoms with van der Waals surface area (Å²) in [6.45, 7) is 2.25. The monoisotopic (exact) mass is 168 g/mol. The fourth-order valence-electron chi connectivity index (χ4n) is 2.79. The van der Waals surface area contributed by atoms with Crippen molar-refractivity contribution in [2.24, 2.45) is 17.3 Å². The van der Waals surface area contributed by atoms with Gasteiger partial charge in [-0.1, -0.05) is 6.92 Å². The van der Waals surface area contributed by atoms with Crippen molar-refractivity contribution in [3.8, 4) is 0 Å². The molecule has 2 saturated carbocycles. The van der Waals surface area contributed by atoms with E-state index in [9.17, 15) is 4.79 Å². The number of hydrogen-bond donors (Lipinski definition) is 1. The van der Waals surface area contributed by atoms with Gasteiger partial charge in [-0.25, -0.2) is 0 Å². The number of hydrogen-bond acceptors (Lipinski definition) is 1. The van der Waals surface area contributed by atoms with Crippen LogP contribution in [0.4, 0.5) is 0 Å². The highest BCUT2D eigenvalue weighted by Crippen LogP contribution is 2.60. The van der Waals surface area contributed by atoms with Gasteiger partial charge in [0, 0.05) is 0 Å². The summed E-state index contributed by atoms with van der Waals surface area (Å²) in [4.78, 5) is 10.9. The first-order chi connectivity index (χ1) is 5.64. The van der Waals surface area contributed by atoms with Crippen molar-refractivity contribution in [1.82, 2.24) is 0 Å². The van der Waals surface area contributed by atoms with Crippen LogP contribution < -0.4 is 0 Å². The summed E-state index contributed by atoms with van der Waals surface area (Å²) in [6.07, 6.45) is 5.50. The van der Waals surface area contributed by atoms with Crippen molar-refractivity contribution < 1.29 is 9.90 Å². The highest BCUT2D eigenvalue weighted by atomic mass is 16.4. The van der Waals surface area contributed by atoms with Gasteiger partial charge in [0.25, 0.3) is 0 Å². The third kappa shape index (κ3) is 1.13. The molecule has 0 bridgehead atoms. The molecule has 0 aromatic carbocycles. The second-order valence-electron chi connectivity index (χ2n) is 4.64. The molecule has 2 heteroatoms. The van der Waals surface area contributed by atoms with Crippen molar-refractivity contribution >= 4 is 5.97 Å². The second kappa shape index (κ2) is 2.48. The Morgan fingerprint density at radius 1 is 1.42 bits per heavy atom. The van der Waals surface area contributed by atoms with Crippen LogP contribution in [0, 0.1) is 17.3 Å². The van der Waals surface area contributed by atoms with Crippen LogP contribution in [0.2, 0.25) is 0 Å². The molecular weight excluding hydrogens is 152 g/mol. The molecule has 0 aromatic rings. The van der Waals surface area contributed by atoms with Crippen molar-refractivity contribution in [2.45, 2.75) is 39.0 Å². The Hall–Kier alpha value is -0.530. The van der Waals surface area contributed by atoms with E-state index in [1.54, 1.807) is 0 Å². The molecule has 2 nitrogen and oxygen atoms in total. The predicted molar refractivity (Wildman–Crippen MR) is 45.8 cm³/mol. The fourth-order valence-corrected chi connectivity index (χ4v) is 2.79. The zero-order valence-electron chi connectivity index (χ0n) is 7.55. The SMILES string of the molecule is CC1CCC(C(=O)O)C2(CC2)C1. The summed E-state index contributed by atoms with van der Waals surface area (Å²) in [6, 6.07) is 0. The number of carboxylic acid groups (broad SMARTS) is 1. The molecule has 0 aliphatic heterocycles. The number of carboxylic acids is 1. The molecule has 12 heavy (non-hydrogen) atoms.